The van der Waals surface area contributed by atoms with Gasteiger partial charge in [-0.15, -0.1) is 0 Å². The van der Waals surface area contributed by atoms with Crippen LogP contribution in [0.3, 0.4) is 0 Å². The van der Waals surface area contributed by atoms with E-state index in [0.29, 0.717) is 34.0 Å². The van der Waals surface area contributed by atoms with Crippen LogP contribution in [0, 0.1) is 0 Å². The summed E-state index contributed by atoms with van der Waals surface area (Å²) in [5.41, 5.74) is 1.27. The maximum Gasteiger partial charge on any atom is 0.234 e. The molecule has 0 radical (unpaired) electrons. The van der Waals surface area contributed by atoms with Crippen molar-refractivity contribution < 1.29 is 19.4 Å². The fourth-order valence-corrected chi connectivity index (χ4v) is 3.79. The van der Waals surface area contributed by atoms with Crippen molar-refractivity contribution >= 4 is 22.8 Å². The molecule has 0 amide bonds. The zero-order valence-corrected chi connectivity index (χ0v) is 17.4. The topological polar surface area (TPSA) is 62.2 Å². The fraction of sp³-hybridized carbons (Fsp3) is 0.208. The number of carbonyl (C=O) groups excluding carboxylic acids is 1. The van der Waals surface area contributed by atoms with Crippen molar-refractivity contribution in [3.63, 3.8) is 0 Å². The van der Waals surface area contributed by atoms with Crippen molar-refractivity contribution in [2.45, 2.75) is 5.72 Å². The van der Waals surface area contributed by atoms with E-state index in [0.717, 1.165) is 5.69 Å². The van der Waals surface area contributed by atoms with Gasteiger partial charge in [-0.05, 0) is 48.5 Å². The Morgan fingerprint density at radius 2 is 1.47 bits per heavy atom. The predicted octanol–water partition coefficient (Wildman–Crippen LogP) is 3.95. The predicted molar refractivity (Wildman–Crippen MR) is 117 cm³/mol. The van der Waals surface area contributed by atoms with Crippen LogP contribution in [0.5, 0.6) is 11.5 Å². The Morgan fingerprint density at radius 3 is 2.03 bits per heavy atom. The second-order valence-electron chi connectivity index (χ2n) is 7.36. The van der Waals surface area contributed by atoms with Crippen LogP contribution in [0.25, 0.3) is 0 Å². The smallest absolute Gasteiger partial charge is 0.234 e. The number of benzene rings is 3. The molecule has 4 rings (SSSR count). The van der Waals surface area contributed by atoms with Crippen molar-refractivity contribution in [2.24, 2.45) is 0 Å². The molecule has 0 fully saturated rings. The first kappa shape index (κ1) is 19.8. The number of nitrogens with zero attached hydrogens (tertiary/aromatic N) is 2. The van der Waals surface area contributed by atoms with Gasteiger partial charge in [0.2, 0.25) is 11.5 Å². The second kappa shape index (κ2) is 7.39. The molecule has 1 aliphatic rings. The third kappa shape index (κ3) is 2.97. The minimum Gasteiger partial charge on any atom is -0.497 e. The average Bonchev–Trinajstić information content (AvgIpc) is 3.01. The number of methoxy groups -OCH3 is 2. The highest BCUT2D eigenvalue weighted by atomic mass is 16.5. The van der Waals surface area contributed by atoms with Crippen LogP contribution in [0.1, 0.15) is 15.9 Å². The summed E-state index contributed by atoms with van der Waals surface area (Å²) in [7, 11) is 7.05. The van der Waals surface area contributed by atoms with Gasteiger partial charge in [0, 0.05) is 42.7 Å². The van der Waals surface area contributed by atoms with Crippen molar-refractivity contribution in [2.75, 3.05) is 38.1 Å². The first-order chi connectivity index (χ1) is 14.4. The highest BCUT2D eigenvalue weighted by Crippen LogP contribution is 2.49. The Balaban J connectivity index is 1.91. The Kier molecular flexibility index (Phi) is 4.87. The number of fused-ring (bicyclic) bond motifs is 1. The summed E-state index contributed by atoms with van der Waals surface area (Å²) in [6, 6.07) is 19.8. The van der Waals surface area contributed by atoms with Gasteiger partial charge in [0.1, 0.15) is 11.5 Å². The van der Waals surface area contributed by atoms with Crippen LogP contribution in [0.2, 0.25) is 0 Å². The lowest BCUT2D eigenvalue weighted by Crippen LogP contribution is -2.45. The van der Waals surface area contributed by atoms with Crippen LogP contribution in [-0.2, 0) is 5.72 Å². The number of carbonyl (C=O) groups is 1. The molecule has 3 aromatic rings. The molecule has 154 valence electrons. The number of Topliss-reactive ketones (excluding diaryl/α,β-unsaturated/α-hetero) is 1. The van der Waals surface area contributed by atoms with E-state index in [1.807, 2.05) is 43.3 Å². The highest BCUT2D eigenvalue weighted by molar-refractivity contribution is 6.15. The molecule has 0 aliphatic carbocycles. The number of rotatable bonds is 5. The summed E-state index contributed by atoms with van der Waals surface area (Å²) in [5, 5.41) is 11.9. The molecular weight excluding hydrogens is 380 g/mol. The van der Waals surface area contributed by atoms with Gasteiger partial charge >= 0.3 is 0 Å². The van der Waals surface area contributed by atoms with Gasteiger partial charge in [-0.1, -0.05) is 12.1 Å². The first-order valence-electron chi connectivity index (χ1n) is 9.57. The van der Waals surface area contributed by atoms with Crippen LogP contribution in [0.15, 0.2) is 66.7 Å². The molecule has 1 aliphatic heterocycles. The van der Waals surface area contributed by atoms with E-state index in [1.165, 1.54) is 0 Å². The normalized spacial score (nSPS) is 17.6. The number of anilines is 3. The number of hydrogen-bond acceptors (Lipinski definition) is 6. The molecule has 1 N–H and O–H groups in total. The van der Waals surface area contributed by atoms with Crippen molar-refractivity contribution in [3.8, 4) is 11.5 Å². The van der Waals surface area contributed by atoms with Crippen molar-refractivity contribution in [1.29, 1.82) is 0 Å². The van der Waals surface area contributed by atoms with Gasteiger partial charge in [-0.25, -0.2) is 0 Å². The summed E-state index contributed by atoms with van der Waals surface area (Å²) in [6.07, 6.45) is 0. The highest BCUT2D eigenvalue weighted by Gasteiger charge is 2.52. The number of aliphatic hydroxyl groups is 1. The van der Waals surface area contributed by atoms with E-state index in [1.54, 1.807) is 61.6 Å². The average molecular weight is 404 g/mol. The maximum atomic E-state index is 13.5. The lowest BCUT2D eigenvalue weighted by Gasteiger charge is -2.35. The molecule has 1 unspecified atom stereocenters. The van der Waals surface area contributed by atoms with Crippen LogP contribution in [0.4, 0.5) is 17.1 Å². The SMILES string of the molecule is COc1ccc(N2c3cc(OC)ccc3C(=O)C2(O)c2ccc(N(C)C)cc2)cc1. The van der Waals surface area contributed by atoms with E-state index >= 15 is 0 Å². The van der Waals surface area contributed by atoms with Crippen LogP contribution >= 0.6 is 0 Å². The Morgan fingerprint density at radius 1 is 0.867 bits per heavy atom. The molecule has 30 heavy (non-hydrogen) atoms. The van der Waals surface area contributed by atoms with Crippen LogP contribution < -0.4 is 19.3 Å². The molecule has 0 saturated heterocycles. The minimum atomic E-state index is -1.88. The fourth-order valence-electron chi connectivity index (χ4n) is 3.79. The van der Waals surface area contributed by atoms with E-state index in [2.05, 4.69) is 0 Å². The zero-order chi connectivity index (χ0) is 21.5. The Labute approximate surface area is 175 Å². The Hall–Kier alpha value is -3.51. The second-order valence-corrected chi connectivity index (χ2v) is 7.36. The molecule has 0 spiro atoms. The minimum absolute atomic E-state index is 0.381. The lowest BCUT2D eigenvalue weighted by atomic mass is 9.96. The van der Waals surface area contributed by atoms with E-state index in [-0.39, 0.29) is 5.78 Å². The van der Waals surface area contributed by atoms with Gasteiger partial charge in [0.05, 0.1) is 19.9 Å². The van der Waals surface area contributed by atoms with Gasteiger partial charge in [0.25, 0.3) is 0 Å². The van der Waals surface area contributed by atoms with E-state index < -0.39 is 5.72 Å². The molecule has 0 aromatic heterocycles. The van der Waals surface area contributed by atoms with E-state index in [4.69, 9.17) is 9.47 Å². The number of ketones is 1. The third-order valence-electron chi connectivity index (χ3n) is 5.45. The summed E-state index contributed by atoms with van der Waals surface area (Å²) in [5.74, 6) is 0.912. The molecule has 0 saturated carbocycles. The van der Waals surface area contributed by atoms with Gasteiger partial charge < -0.3 is 24.4 Å². The first-order valence-corrected chi connectivity index (χ1v) is 9.57. The molecule has 6 nitrogen and oxygen atoms in total. The largest absolute Gasteiger partial charge is 0.497 e. The molecule has 1 heterocycles. The molecule has 6 heteroatoms. The summed E-state index contributed by atoms with van der Waals surface area (Å²) in [6.45, 7) is 0. The van der Waals surface area contributed by atoms with Crippen molar-refractivity contribution in [3.05, 3.63) is 77.9 Å². The lowest BCUT2D eigenvalue weighted by molar-refractivity contribution is 0.0378. The molecular formula is C24H24N2O4. The third-order valence-corrected chi connectivity index (χ3v) is 5.45. The number of ether oxygens (including phenoxy) is 2. The van der Waals surface area contributed by atoms with Gasteiger partial charge in [-0.2, -0.15) is 0 Å². The Bertz CT molecular complexity index is 1080. The number of hydrogen-bond donors (Lipinski definition) is 1. The monoisotopic (exact) mass is 404 g/mol. The van der Waals surface area contributed by atoms with Gasteiger partial charge in [0.15, 0.2) is 0 Å². The zero-order valence-electron chi connectivity index (χ0n) is 17.4. The van der Waals surface area contributed by atoms with Crippen molar-refractivity contribution in [1.82, 2.24) is 0 Å². The summed E-state index contributed by atoms with van der Waals surface area (Å²) in [4.78, 5) is 17.1. The standard InChI is InChI=1S/C24H24N2O4/c1-25(2)17-7-5-16(6-8-17)24(28)23(27)21-14-13-20(30-4)15-22(21)26(24)18-9-11-19(29-3)12-10-18/h5-15,28H,1-4H3. The summed E-state index contributed by atoms with van der Waals surface area (Å²) < 4.78 is 10.6. The molecule has 3 aromatic carbocycles. The maximum absolute atomic E-state index is 13.5. The van der Waals surface area contributed by atoms with Crippen LogP contribution in [-0.4, -0.2) is 39.2 Å². The quantitative estimate of drug-likeness (QED) is 0.695. The molecule has 1 atom stereocenters. The summed E-state index contributed by atoms with van der Waals surface area (Å²) >= 11 is 0. The van der Waals surface area contributed by atoms with Gasteiger partial charge in [-0.3, -0.25) is 4.79 Å². The molecule has 0 bridgehead atoms. The van der Waals surface area contributed by atoms with E-state index in [9.17, 15) is 9.90 Å².